The van der Waals surface area contributed by atoms with Gasteiger partial charge in [-0.25, -0.2) is 18.4 Å². The van der Waals surface area contributed by atoms with E-state index in [-0.39, 0.29) is 18.8 Å². The predicted molar refractivity (Wildman–Crippen MR) is 72.2 cm³/mol. The van der Waals surface area contributed by atoms with Crippen molar-refractivity contribution in [1.82, 2.24) is 5.32 Å². The number of carboxylic acid groups (broad SMARTS) is 1. The van der Waals surface area contributed by atoms with Crippen LogP contribution in [0.15, 0.2) is 0 Å². The highest BCUT2D eigenvalue weighted by molar-refractivity contribution is 5.80. The summed E-state index contributed by atoms with van der Waals surface area (Å²) >= 11 is 0. The number of alkyl carbamates (subject to hydrolysis) is 1. The molecule has 0 aromatic carbocycles. The minimum absolute atomic E-state index is 0.280. The Morgan fingerprint density at radius 2 is 1.62 bits per heavy atom. The molecule has 0 aliphatic heterocycles. The van der Waals surface area contributed by atoms with Gasteiger partial charge in [0.05, 0.1) is 0 Å². The predicted octanol–water partition coefficient (Wildman–Crippen LogP) is 3.04. The molecule has 1 saturated carbocycles. The monoisotopic (exact) mass is 307 g/mol. The molecule has 1 rings (SSSR count). The van der Waals surface area contributed by atoms with Crippen molar-refractivity contribution in [3.63, 3.8) is 0 Å². The molecule has 0 heterocycles. The molecular weight excluding hydrogens is 284 g/mol. The average molecular weight is 307 g/mol. The first-order valence-corrected chi connectivity index (χ1v) is 7.10. The molecule has 122 valence electrons. The topological polar surface area (TPSA) is 75.6 Å². The normalized spacial score (nSPS) is 24.5. The Labute approximate surface area is 123 Å². The van der Waals surface area contributed by atoms with Crippen molar-refractivity contribution in [3.8, 4) is 0 Å². The molecule has 1 aliphatic rings. The van der Waals surface area contributed by atoms with Gasteiger partial charge in [-0.15, -0.1) is 0 Å². The summed E-state index contributed by atoms with van der Waals surface area (Å²) in [5, 5.41) is 11.6. The van der Waals surface area contributed by atoms with Gasteiger partial charge >= 0.3 is 12.1 Å². The van der Waals surface area contributed by atoms with Crippen molar-refractivity contribution >= 4 is 12.1 Å². The fourth-order valence-electron chi connectivity index (χ4n) is 2.55. The van der Waals surface area contributed by atoms with E-state index in [0.29, 0.717) is 12.8 Å². The summed E-state index contributed by atoms with van der Waals surface area (Å²) < 4.78 is 30.2. The fourth-order valence-corrected chi connectivity index (χ4v) is 2.55. The molecule has 0 aromatic rings. The summed E-state index contributed by atoms with van der Waals surface area (Å²) in [5.41, 5.74) is -0.722. The third-order valence-corrected chi connectivity index (χ3v) is 3.58. The average Bonchev–Trinajstić information content (AvgIpc) is 2.33. The number of carbonyl (C=O) groups is 2. The van der Waals surface area contributed by atoms with Gasteiger partial charge in [0, 0.05) is 5.92 Å². The van der Waals surface area contributed by atoms with Gasteiger partial charge in [0.15, 0.2) is 0 Å². The van der Waals surface area contributed by atoms with Crippen LogP contribution in [0.25, 0.3) is 0 Å². The zero-order valence-corrected chi connectivity index (χ0v) is 12.6. The second-order valence-corrected chi connectivity index (χ2v) is 6.47. The zero-order chi connectivity index (χ0) is 16.2. The van der Waals surface area contributed by atoms with Crippen LogP contribution in [0, 0.1) is 11.8 Å². The van der Waals surface area contributed by atoms with Gasteiger partial charge in [-0.05, 0) is 52.4 Å². The molecule has 1 amide bonds. The van der Waals surface area contributed by atoms with Gasteiger partial charge in [0.1, 0.15) is 11.6 Å². The lowest BCUT2D eigenvalue weighted by molar-refractivity contribution is -0.141. The summed E-state index contributed by atoms with van der Waals surface area (Å²) in [6, 6.07) is -1.10. The molecule has 0 saturated heterocycles. The standard InChI is InChI=1S/C14H23F2NO4/c1-14(2,3)21-13(20)17-10(12(18)19)8-4-6-9(7-5-8)11(15)16/h8-11H,4-7H2,1-3H3,(H,17,20)(H,18,19)/t8?,9?,10-/m0/s1. The van der Waals surface area contributed by atoms with E-state index in [4.69, 9.17) is 4.74 Å². The summed E-state index contributed by atoms with van der Waals surface area (Å²) in [6.45, 7) is 5.03. The van der Waals surface area contributed by atoms with Crippen LogP contribution in [-0.2, 0) is 9.53 Å². The number of halogens is 2. The minimum atomic E-state index is -2.37. The number of carboxylic acids is 1. The Morgan fingerprint density at radius 3 is 2.00 bits per heavy atom. The summed E-state index contributed by atoms with van der Waals surface area (Å²) in [7, 11) is 0. The van der Waals surface area contributed by atoms with Gasteiger partial charge < -0.3 is 15.2 Å². The fraction of sp³-hybridized carbons (Fsp3) is 0.857. The van der Waals surface area contributed by atoms with Crippen molar-refractivity contribution in [1.29, 1.82) is 0 Å². The molecule has 0 bridgehead atoms. The molecule has 1 atom stereocenters. The van der Waals surface area contributed by atoms with Gasteiger partial charge in [-0.3, -0.25) is 0 Å². The number of aliphatic carboxylic acids is 1. The molecule has 0 radical (unpaired) electrons. The second kappa shape index (κ2) is 7.04. The number of hydrogen-bond acceptors (Lipinski definition) is 3. The van der Waals surface area contributed by atoms with Gasteiger partial charge in [-0.2, -0.15) is 0 Å². The van der Waals surface area contributed by atoms with Crippen molar-refractivity contribution in [2.75, 3.05) is 0 Å². The lowest BCUT2D eigenvalue weighted by Crippen LogP contribution is -2.48. The first kappa shape index (κ1) is 17.7. The Balaban J connectivity index is 2.59. The van der Waals surface area contributed by atoms with Crippen LogP contribution in [-0.4, -0.2) is 35.2 Å². The van der Waals surface area contributed by atoms with E-state index >= 15 is 0 Å². The molecule has 0 unspecified atom stereocenters. The molecule has 2 N–H and O–H groups in total. The zero-order valence-electron chi connectivity index (χ0n) is 12.6. The first-order chi connectivity index (χ1) is 9.60. The highest BCUT2D eigenvalue weighted by Crippen LogP contribution is 2.34. The van der Waals surface area contributed by atoms with E-state index in [9.17, 15) is 23.5 Å². The SMILES string of the molecule is CC(C)(C)OC(=O)N[C@H](C(=O)O)C1CCC(C(F)F)CC1. The van der Waals surface area contributed by atoms with Crippen molar-refractivity contribution < 1.29 is 28.2 Å². The van der Waals surface area contributed by atoms with Crippen LogP contribution in [0.5, 0.6) is 0 Å². The summed E-state index contributed by atoms with van der Waals surface area (Å²) in [4.78, 5) is 23.0. The van der Waals surface area contributed by atoms with E-state index in [0.717, 1.165) is 0 Å². The Hall–Kier alpha value is -1.40. The van der Waals surface area contributed by atoms with Crippen LogP contribution < -0.4 is 5.32 Å². The maximum Gasteiger partial charge on any atom is 0.408 e. The van der Waals surface area contributed by atoms with Crippen LogP contribution in [0.1, 0.15) is 46.5 Å². The van der Waals surface area contributed by atoms with E-state index in [1.165, 1.54) is 0 Å². The molecule has 21 heavy (non-hydrogen) atoms. The van der Waals surface area contributed by atoms with Crippen molar-refractivity contribution in [2.45, 2.75) is 64.5 Å². The maximum atomic E-state index is 12.6. The minimum Gasteiger partial charge on any atom is -0.480 e. The molecule has 7 heteroatoms. The Kier molecular flexibility index (Phi) is 5.92. The van der Waals surface area contributed by atoms with Gasteiger partial charge in [0.2, 0.25) is 6.43 Å². The van der Waals surface area contributed by atoms with Crippen molar-refractivity contribution in [3.05, 3.63) is 0 Å². The largest absolute Gasteiger partial charge is 0.480 e. The first-order valence-electron chi connectivity index (χ1n) is 7.10. The van der Waals surface area contributed by atoms with E-state index in [1.54, 1.807) is 20.8 Å². The number of hydrogen-bond donors (Lipinski definition) is 2. The molecule has 1 aliphatic carbocycles. The lowest BCUT2D eigenvalue weighted by atomic mass is 9.78. The summed E-state index contributed by atoms with van der Waals surface area (Å²) in [6.07, 6.45) is -1.88. The molecule has 0 aromatic heterocycles. The van der Waals surface area contributed by atoms with Crippen LogP contribution in [0.3, 0.4) is 0 Å². The Bertz CT molecular complexity index is 374. The third kappa shape index (κ3) is 5.85. The van der Waals surface area contributed by atoms with Crippen molar-refractivity contribution in [2.24, 2.45) is 11.8 Å². The van der Waals surface area contributed by atoms with Crippen LogP contribution in [0.2, 0.25) is 0 Å². The number of amides is 1. The van der Waals surface area contributed by atoms with Crippen LogP contribution >= 0.6 is 0 Å². The summed E-state index contributed by atoms with van der Waals surface area (Å²) in [5.74, 6) is -2.18. The van der Waals surface area contributed by atoms with Gasteiger partial charge in [-0.1, -0.05) is 0 Å². The van der Waals surface area contributed by atoms with Gasteiger partial charge in [0.25, 0.3) is 0 Å². The number of nitrogens with one attached hydrogen (secondary N) is 1. The van der Waals surface area contributed by atoms with E-state index in [2.05, 4.69) is 5.32 Å². The number of alkyl halides is 2. The molecule has 1 fully saturated rings. The number of rotatable bonds is 4. The number of ether oxygens (including phenoxy) is 1. The molecular formula is C14H23F2NO4. The third-order valence-electron chi connectivity index (χ3n) is 3.58. The van der Waals surface area contributed by atoms with E-state index in [1.807, 2.05) is 0 Å². The molecule has 0 spiro atoms. The van der Waals surface area contributed by atoms with Crippen LogP contribution in [0.4, 0.5) is 13.6 Å². The highest BCUT2D eigenvalue weighted by Gasteiger charge is 2.36. The number of carbonyl (C=O) groups excluding carboxylic acids is 1. The quantitative estimate of drug-likeness (QED) is 0.837. The van der Waals surface area contributed by atoms with E-state index < -0.39 is 36.0 Å². The highest BCUT2D eigenvalue weighted by atomic mass is 19.3. The molecule has 5 nitrogen and oxygen atoms in total. The Morgan fingerprint density at radius 1 is 1.14 bits per heavy atom. The lowest BCUT2D eigenvalue weighted by Gasteiger charge is -2.32. The smallest absolute Gasteiger partial charge is 0.408 e. The second-order valence-electron chi connectivity index (χ2n) is 6.47. The maximum absolute atomic E-state index is 12.6.